The molecule has 0 aliphatic carbocycles. The Kier molecular flexibility index (Phi) is 5.27. The van der Waals surface area contributed by atoms with Crippen molar-refractivity contribution in [3.8, 4) is 11.4 Å². The second kappa shape index (κ2) is 7.59. The fourth-order valence-electron chi connectivity index (χ4n) is 1.99. The van der Waals surface area contributed by atoms with E-state index < -0.39 is 0 Å². The van der Waals surface area contributed by atoms with E-state index in [9.17, 15) is 4.79 Å². The fourth-order valence-corrected chi connectivity index (χ4v) is 2.38. The lowest BCUT2D eigenvalue weighted by atomic mass is 10.2. The summed E-state index contributed by atoms with van der Waals surface area (Å²) < 4.78 is 11.2. The molecule has 0 fully saturated rings. The van der Waals surface area contributed by atoms with Gasteiger partial charge in [0.15, 0.2) is 6.61 Å². The third kappa shape index (κ3) is 4.43. The van der Waals surface area contributed by atoms with Crippen LogP contribution in [-0.4, -0.2) is 16.1 Å². The molecule has 0 spiro atoms. The standard InChI is InChI=1S/C17H12BrClN2O3/c18-13-5-1-11(2-6-13)9-16(22)23-10-15-20-17(21-24-15)12-3-7-14(19)8-4-12/h1-8H,9-10H2. The second-order valence-electron chi connectivity index (χ2n) is 4.98. The minimum absolute atomic E-state index is 0.0596. The van der Waals surface area contributed by atoms with Crippen molar-refractivity contribution in [3.05, 3.63) is 69.5 Å². The van der Waals surface area contributed by atoms with E-state index in [0.717, 1.165) is 15.6 Å². The first-order chi connectivity index (χ1) is 11.6. The van der Waals surface area contributed by atoms with Crippen LogP contribution in [0.25, 0.3) is 11.4 Å². The van der Waals surface area contributed by atoms with Gasteiger partial charge in [-0.15, -0.1) is 0 Å². The molecule has 0 N–H and O–H groups in total. The average molecular weight is 408 g/mol. The van der Waals surface area contributed by atoms with Crippen molar-refractivity contribution >= 4 is 33.5 Å². The van der Waals surface area contributed by atoms with E-state index in [1.54, 1.807) is 24.3 Å². The first kappa shape index (κ1) is 16.7. The number of halogens is 2. The molecule has 2 aromatic carbocycles. The Bertz CT molecular complexity index is 832. The second-order valence-corrected chi connectivity index (χ2v) is 6.33. The van der Waals surface area contributed by atoms with Gasteiger partial charge in [0, 0.05) is 15.1 Å². The molecule has 122 valence electrons. The maximum absolute atomic E-state index is 11.8. The highest BCUT2D eigenvalue weighted by molar-refractivity contribution is 9.10. The summed E-state index contributed by atoms with van der Waals surface area (Å²) in [5.41, 5.74) is 1.64. The summed E-state index contributed by atoms with van der Waals surface area (Å²) in [6, 6.07) is 14.5. The Balaban J connectivity index is 1.56. The maximum atomic E-state index is 11.8. The van der Waals surface area contributed by atoms with Crippen LogP contribution in [0.15, 0.2) is 57.5 Å². The van der Waals surface area contributed by atoms with Gasteiger partial charge in [0.25, 0.3) is 5.89 Å². The van der Waals surface area contributed by atoms with Gasteiger partial charge in [-0.2, -0.15) is 4.98 Å². The summed E-state index contributed by atoms with van der Waals surface area (Å²) in [7, 11) is 0. The first-order valence-electron chi connectivity index (χ1n) is 7.09. The molecule has 0 aliphatic rings. The number of ether oxygens (including phenoxy) is 1. The van der Waals surface area contributed by atoms with Crippen LogP contribution in [-0.2, 0) is 22.6 Å². The van der Waals surface area contributed by atoms with Crippen molar-refractivity contribution in [2.24, 2.45) is 0 Å². The molecule has 24 heavy (non-hydrogen) atoms. The Morgan fingerprint density at radius 1 is 1.12 bits per heavy atom. The summed E-state index contributed by atoms with van der Waals surface area (Å²) in [5, 5.41) is 4.49. The zero-order valence-corrected chi connectivity index (χ0v) is 14.8. The van der Waals surface area contributed by atoms with Crippen LogP contribution in [0.2, 0.25) is 5.02 Å². The summed E-state index contributed by atoms with van der Waals surface area (Å²) >= 11 is 9.19. The van der Waals surface area contributed by atoms with Crippen LogP contribution in [0.1, 0.15) is 11.5 Å². The highest BCUT2D eigenvalue weighted by Crippen LogP contribution is 2.19. The van der Waals surface area contributed by atoms with E-state index in [2.05, 4.69) is 26.1 Å². The van der Waals surface area contributed by atoms with Gasteiger partial charge >= 0.3 is 5.97 Å². The van der Waals surface area contributed by atoms with Crippen molar-refractivity contribution in [2.45, 2.75) is 13.0 Å². The highest BCUT2D eigenvalue weighted by Gasteiger charge is 2.11. The number of hydrogen-bond acceptors (Lipinski definition) is 5. The lowest BCUT2D eigenvalue weighted by Crippen LogP contribution is -2.08. The van der Waals surface area contributed by atoms with Crippen molar-refractivity contribution < 1.29 is 14.1 Å². The predicted octanol–water partition coefficient (Wildman–Crippen LogP) is 4.44. The lowest BCUT2D eigenvalue weighted by molar-refractivity contribution is -0.144. The molecule has 1 heterocycles. The number of benzene rings is 2. The minimum atomic E-state index is -0.358. The van der Waals surface area contributed by atoms with Crippen molar-refractivity contribution in [1.82, 2.24) is 10.1 Å². The molecule has 0 atom stereocenters. The van der Waals surface area contributed by atoms with Gasteiger partial charge in [0.2, 0.25) is 5.82 Å². The summed E-state index contributed by atoms with van der Waals surface area (Å²) in [6.07, 6.45) is 0.186. The van der Waals surface area contributed by atoms with Crippen LogP contribution in [0.5, 0.6) is 0 Å². The Morgan fingerprint density at radius 3 is 2.54 bits per heavy atom. The number of rotatable bonds is 5. The molecule has 0 saturated heterocycles. The van der Waals surface area contributed by atoms with Crippen LogP contribution < -0.4 is 0 Å². The smallest absolute Gasteiger partial charge is 0.310 e. The third-order valence-corrected chi connectivity index (χ3v) is 3.97. The molecule has 0 aliphatic heterocycles. The Morgan fingerprint density at radius 2 is 1.83 bits per heavy atom. The molecule has 0 unspecified atom stereocenters. The third-order valence-electron chi connectivity index (χ3n) is 3.19. The first-order valence-corrected chi connectivity index (χ1v) is 8.26. The Labute approximate surface area is 151 Å². The topological polar surface area (TPSA) is 65.2 Å². The molecule has 3 rings (SSSR count). The van der Waals surface area contributed by atoms with Crippen LogP contribution >= 0.6 is 27.5 Å². The van der Waals surface area contributed by atoms with Crippen LogP contribution in [0.4, 0.5) is 0 Å². The zero-order valence-electron chi connectivity index (χ0n) is 12.4. The van der Waals surface area contributed by atoms with Crippen molar-refractivity contribution in [3.63, 3.8) is 0 Å². The highest BCUT2D eigenvalue weighted by atomic mass is 79.9. The summed E-state index contributed by atoms with van der Waals surface area (Å²) in [5.74, 6) is 0.304. The summed E-state index contributed by atoms with van der Waals surface area (Å²) in [4.78, 5) is 16.0. The SMILES string of the molecule is O=C(Cc1ccc(Br)cc1)OCc1nc(-c2ccc(Cl)cc2)no1. The molecule has 0 saturated carbocycles. The Hall–Kier alpha value is -2.18. The van der Waals surface area contributed by atoms with Gasteiger partial charge in [0.1, 0.15) is 0 Å². The van der Waals surface area contributed by atoms with Gasteiger partial charge in [-0.25, -0.2) is 0 Å². The molecule has 3 aromatic rings. The van der Waals surface area contributed by atoms with E-state index in [1.165, 1.54) is 0 Å². The van der Waals surface area contributed by atoms with E-state index in [-0.39, 0.29) is 24.9 Å². The van der Waals surface area contributed by atoms with Crippen LogP contribution in [0.3, 0.4) is 0 Å². The maximum Gasteiger partial charge on any atom is 0.310 e. The van der Waals surface area contributed by atoms with E-state index >= 15 is 0 Å². The number of carbonyl (C=O) groups excluding carboxylic acids is 1. The van der Waals surface area contributed by atoms with Gasteiger partial charge in [-0.3, -0.25) is 4.79 Å². The predicted molar refractivity (Wildman–Crippen MR) is 92.4 cm³/mol. The lowest BCUT2D eigenvalue weighted by Gasteiger charge is -2.02. The van der Waals surface area contributed by atoms with Crippen molar-refractivity contribution in [2.75, 3.05) is 0 Å². The molecular weight excluding hydrogens is 396 g/mol. The van der Waals surface area contributed by atoms with E-state index in [4.69, 9.17) is 20.9 Å². The van der Waals surface area contributed by atoms with Gasteiger partial charge < -0.3 is 9.26 Å². The number of esters is 1. The molecule has 1 aromatic heterocycles. The number of carbonyl (C=O) groups is 1. The molecule has 7 heteroatoms. The molecule has 5 nitrogen and oxygen atoms in total. The average Bonchev–Trinajstić information content (AvgIpc) is 3.05. The molecule has 0 amide bonds. The monoisotopic (exact) mass is 406 g/mol. The van der Waals surface area contributed by atoms with Gasteiger partial charge in [-0.1, -0.05) is 44.8 Å². The minimum Gasteiger partial charge on any atom is -0.455 e. The molecule has 0 bridgehead atoms. The van der Waals surface area contributed by atoms with E-state index in [0.29, 0.717) is 10.8 Å². The molecular formula is C17H12BrClN2O3. The number of nitrogens with zero attached hydrogens (tertiary/aromatic N) is 2. The zero-order chi connectivity index (χ0) is 16.9. The van der Waals surface area contributed by atoms with Crippen LogP contribution in [0, 0.1) is 0 Å². The normalized spacial score (nSPS) is 10.6. The van der Waals surface area contributed by atoms with E-state index in [1.807, 2.05) is 24.3 Å². The molecule has 0 radical (unpaired) electrons. The largest absolute Gasteiger partial charge is 0.455 e. The fraction of sp³-hybridized carbons (Fsp3) is 0.118. The van der Waals surface area contributed by atoms with Crippen molar-refractivity contribution in [1.29, 1.82) is 0 Å². The van der Waals surface area contributed by atoms with Gasteiger partial charge in [-0.05, 0) is 42.0 Å². The summed E-state index contributed by atoms with van der Waals surface area (Å²) in [6.45, 7) is -0.0596. The number of aromatic nitrogens is 2. The van der Waals surface area contributed by atoms with Gasteiger partial charge in [0.05, 0.1) is 6.42 Å². The quantitative estimate of drug-likeness (QED) is 0.585. The number of hydrogen-bond donors (Lipinski definition) is 0.